The molecule has 1 aliphatic heterocycles. The number of pyridine rings is 2. The summed E-state index contributed by atoms with van der Waals surface area (Å²) in [5.41, 5.74) is 4.70. The smallest absolute Gasteiger partial charge is 0.329 e. The van der Waals surface area contributed by atoms with Gasteiger partial charge in [0.15, 0.2) is 24.4 Å². The van der Waals surface area contributed by atoms with E-state index in [1.807, 2.05) is 79.7 Å². The van der Waals surface area contributed by atoms with Gasteiger partial charge >= 0.3 is 23.9 Å². The molecule has 0 saturated carbocycles. The van der Waals surface area contributed by atoms with Crippen LogP contribution in [-0.2, 0) is 83.0 Å². The van der Waals surface area contributed by atoms with Gasteiger partial charge in [-0.3, -0.25) is 29.1 Å². The lowest BCUT2D eigenvalue weighted by atomic mass is 9.99. The number of aromatic nitrogens is 2. The molecule has 0 unspecified atom stereocenters. The van der Waals surface area contributed by atoms with Gasteiger partial charge in [-0.05, 0) is 97.6 Å². The van der Waals surface area contributed by atoms with Crippen molar-refractivity contribution in [1.29, 1.82) is 0 Å². The lowest BCUT2D eigenvalue weighted by molar-refractivity contribution is -0.176. The highest BCUT2D eigenvalue weighted by Gasteiger charge is 2.43. The monoisotopic (exact) mass is 1190 g/mol. The van der Waals surface area contributed by atoms with Crippen molar-refractivity contribution >= 4 is 47.5 Å². The summed E-state index contributed by atoms with van der Waals surface area (Å²) in [6.07, 6.45) is 1.55. The summed E-state index contributed by atoms with van der Waals surface area (Å²) in [5.74, 6) is -6.24. The first-order chi connectivity index (χ1) is 40.6. The number of carbonyl (C=O) groups is 8. The number of methoxy groups -OCH3 is 2. The van der Waals surface area contributed by atoms with Crippen molar-refractivity contribution in [2.24, 2.45) is 23.7 Å². The maximum atomic E-state index is 15.1. The van der Waals surface area contributed by atoms with Crippen molar-refractivity contribution in [1.82, 2.24) is 29.6 Å². The van der Waals surface area contributed by atoms with E-state index < -0.39 is 96.1 Å². The quantitative estimate of drug-likeness (QED) is 0.0688. The largest absolute Gasteiger partial charge is 0.496 e. The molecule has 1 saturated heterocycles. The standard InChI is InChI=1S/C66H90N6O14/c1-39(2)29-51-63(77)83-43(9)59(73)69(11)54(32-42(7)8)66(80)86-58(36-48-23-19-46(20-24-48)34-50-38-68-28-26-56(50)82-16)62(76)72(14)52(30-40(3)4)64(78)84-44(10)60(74)70(12)53(31-41(5)6)65(79)85-57(61(75)71(51)13)35-47-21-17-45(18-22-47)33-49-37-67-27-25-55(49)81-15/h17-28,37-44,51-54,57-58H,29-36H2,1-16H3/t43-,44-,51+,52+,53+,54+,57-,58-/m1/s1. The minimum absolute atomic E-state index is 0.0704. The number of hydrogen-bond donors (Lipinski definition) is 0. The Morgan fingerprint density at radius 3 is 0.953 bits per heavy atom. The van der Waals surface area contributed by atoms with E-state index >= 15 is 9.59 Å². The Labute approximate surface area is 507 Å². The van der Waals surface area contributed by atoms with Crippen LogP contribution >= 0.6 is 0 Å². The van der Waals surface area contributed by atoms with Gasteiger partial charge in [0.1, 0.15) is 35.7 Å². The molecule has 0 bridgehead atoms. The summed E-state index contributed by atoms with van der Waals surface area (Å²) in [7, 11) is 8.71. The maximum Gasteiger partial charge on any atom is 0.329 e. The Hall–Kier alpha value is -7.90. The Balaban J connectivity index is 1.59. The van der Waals surface area contributed by atoms with Crippen molar-refractivity contribution in [3.05, 3.63) is 119 Å². The van der Waals surface area contributed by atoms with Crippen molar-refractivity contribution in [2.45, 2.75) is 169 Å². The summed E-state index contributed by atoms with van der Waals surface area (Å²) in [6, 6.07) is 13.0. The molecular weight excluding hydrogens is 1100 g/mol. The molecule has 0 N–H and O–H groups in total. The van der Waals surface area contributed by atoms with Crippen LogP contribution in [0.5, 0.6) is 11.5 Å². The third kappa shape index (κ3) is 19.1. The molecule has 0 radical (unpaired) electrons. The first-order valence-electron chi connectivity index (χ1n) is 29.6. The van der Waals surface area contributed by atoms with Crippen LogP contribution in [0.1, 0.15) is 128 Å². The summed E-state index contributed by atoms with van der Waals surface area (Å²) < 4.78 is 35.4. The number of likely N-dealkylation sites (N-methyl/N-ethyl adjacent to an activating group) is 4. The van der Waals surface area contributed by atoms with Gasteiger partial charge in [0.25, 0.3) is 23.6 Å². The number of esters is 4. The van der Waals surface area contributed by atoms with Gasteiger partial charge in [-0.1, -0.05) is 104 Å². The molecule has 0 aliphatic carbocycles. The fraction of sp³-hybridized carbons (Fsp3) is 0.545. The van der Waals surface area contributed by atoms with Crippen molar-refractivity contribution in [2.75, 3.05) is 42.4 Å². The maximum absolute atomic E-state index is 15.1. The highest BCUT2D eigenvalue weighted by molar-refractivity contribution is 5.94. The lowest BCUT2D eigenvalue weighted by Crippen LogP contribution is -2.55. The number of nitrogens with zero attached hydrogens (tertiary/aromatic N) is 6. The molecule has 2 aromatic carbocycles. The molecule has 468 valence electrons. The predicted octanol–water partition coefficient (Wildman–Crippen LogP) is 7.65. The molecule has 8 atom stereocenters. The predicted molar refractivity (Wildman–Crippen MR) is 322 cm³/mol. The molecular formula is C66H90N6O14. The third-order valence-electron chi connectivity index (χ3n) is 15.3. The average molecular weight is 1190 g/mol. The van der Waals surface area contributed by atoms with Gasteiger partial charge in [0, 0.05) is 89.8 Å². The highest BCUT2D eigenvalue weighted by atomic mass is 16.6. The van der Waals surface area contributed by atoms with Crippen LogP contribution in [0.4, 0.5) is 0 Å². The van der Waals surface area contributed by atoms with Crippen LogP contribution in [-0.4, -0.2) is 168 Å². The molecule has 20 heteroatoms. The van der Waals surface area contributed by atoms with Gasteiger partial charge in [0.2, 0.25) is 0 Å². The van der Waals surface area contributed by atoms with Gasteiger partial charge in [-0.25, -0.2) is 19.2 Å². The fourth-order valence-corrected chi connectivity index (χ4v) is 10.4. The van der Waals surface area contributed by atoms with Gasteiger partial charge < -0.3 is 48.0 Å². The summed E-state index contributed by atoms with van der Waals surface area (Å²) in [6.45, 7) is 17.5. The number of ether oxygens (including phenoxy) is 6. The average Bonchev–Trinajstić information content (AvgIpc) is 3.47. The van der Waals surface area contributed by atoms with E-state index in [2.05, 4.69) is 9.97 Å². The molecule has 0 spiro atoms. The molecule has 86 heavy (non-hydrogen) atoms. The van der Waals surface area contributed by atoms with Gasteiger partial charge in [-0.15, -0.1) is 0 Å². The van der Waals surface area contributed by atoms with Crippen LogP contribution in [0.2, 0.25) is 0 Å². The lowest BCUT2D eigenvalue weighted by Gasteiger charge is -2.35. The van der Waals surface area contributed by atoms with Crippen molar-refractivity contribution < 1.29 is 66.8 Å². The van der Waals surface area contributed by atoms with Crippen molar-refractivity contribution in [3.63, 3.8) is 0 Å². The highest BCUT2D eigenvalue weighted by Crippen LogP contribution is 2.27. The van der Waals surface area contributed by atoms with E-state index in [1.165, 1.54) is 42.0 Å². The first-order valence-corrected chi connectivity index (χ1v) is 29.6. The van der Waals surface area contributed by atoms with E-state index in [0.29, 0.717) is 35.5 Å². The number of hydrogen-bond acceptors (Lipinski definition) is 16. The van der Waals surface area contributed by atoms with Gasteiger partial charge in [-0.2, -0.15) is 0 Å². The van der Waals surface area contributed by atoms with E-state index in [0.717, 1.165) is 41.9 Å². The summed E-state index contributed by atoms with van der Waals surface area (Å²) >= 11 is 0. The second-order valence-corrected chi connectivity index (χ2v) is 24.2. The number of amides is 4. The first kappa shape index (κ1) is 68.9. The molecule has 1 aliphatic rings. The molecule has 3 heterocycles. The van der Waals surface area contributed by atoms with E-state index in [-0.39, 0.29) is 62.2 Å². The van der Waals surface area contributed by atoms with Crippen LogP contribution in [0.25, 0.3) is 0 Å². The molecule has 1 fully saturated rings. The zero-order chi connectivity index (χ0) is 63.7. The minimum Gasteiger partial charge on any atom is -0.496 e. The molecule has 4 amide bonds. The zero-order valence-electron chi connectivity index (χ0n) is 53.1. The number of rotatable bonds is 18. The molecule has 5 rings (SSSR count). The second kappa shape index (κ2) is 32.0. The normalized spacial score (nSPS) is 22.3. The SMILES string of the molecule is COc1ccncc1Cc1ccc(C[C@H]2OC(=O)[C@H](CC(C)C)N(C)C(=O)[C@@H](C)OC(=O)[C@H](CC(C)C)N(C)C(=O)[C@@H](Cc3ccc(Cc4cnccc4OC)cc3)OC(=O)[C@H](CC(C)C)N(C)C(=O)[C@@H](C)OC(=O)[C@H](CC(C)C)N(C)C2=O)cc1. The minimum atomic E-state index is -1.55. The second-order valence-electron chi connectivity index (χ2n) is 24.2. The fourth-order valence-electron chi connectivity index (χ4n) is 10.4. The Morgan fingerprint density at radius 1 is 0.407 bits per heavy atom. The molecule has 4 aromatic rings. The Bertz CT molecular complexity index is 2740. The van der Waals surface area contributed by atoms with E-state index in [9.17, 15) is 28.8 Å². The van der Waals surface area contributed by atoms with Crippen LogP contribution < -0.4 is 9.47 Å². The van der Waals surface area contributed by atoms with E-state index in [4.69, 9.17) is 28.4 Å². The van der Waals surface area contributed by atoms with Crippen molar-refractivity contribution in [3.8, 4) is 11.5 Å². The third-order valence-corrected chi connectivity index (χ3v) is 15.3. The molecule has 2 aromatic heterocycles. The molecule has 20 nitrogen and oxygen atoms in total. The van der Waals surface area contributed by atoms with Crippen LogP contribution in [0.15, 0.2) is 85.5 Å². The number of carbonyl (C=O) groups excluding carboxylic acids is 8. The van der Waals surface area contributed by atoms with Gasteiger partial charge in [0.05, 0.1) is 14.2 Å². The van der Waals surface area contributed by atoms with Crippen LogP contribution in [0.3, 0.4) is 0 Å². The zero-order valence-corrected chi connectivity index (χ0v) is 53.1. The Morgan fingerprint density at radius 2 is 0.674 bits per heavy atom. The number of cyclic esters (lactones) is 4. The van der Waals surface area contributed by atoms with E-state index in [1.54, 1.807) is 75.4 Å². The Kier molecular flexibility index (Phi) is 25.6. The van der Waals surface area contributed by atoms with Crippen LogP contribution in [0, 0.1) is 23.7 Å². The summed E-state index contributed by atoms with van der Waals surface area (Å²) in [4.78, 5) is 131. The number of benzene rings is 2. The topological polar surface area (TPSA) is 231 Å². The summed E-state index contributed by atoms with van der Waals surface area (Å²) in [5, 5.41) is 0.